The first kappa shape index (κ1) is 27.2. The van der Waals surface area contributed by atoms with E-state index in [1.807, 2.05) is 4.72 Å². The van der Waals surface area contributed by atoms with Crippen LogP contribution in [0.5, 0.6) is 5.75 Å². The zero-order chi connectivity index (χ0) is 26.8. The number of sulfonamides is 1. The molecule has 0 unspecified atom stereocenters. The van der Waals surface area contributed by atoms with E-state index >= 15 is 0 Å². The molecule has 0 spiro atoms. The van der Waals surface area contributed by atoms with Crippen molar-refractivity contribution in [3.63, 3.8) is 0 Å². The number of ether oxygens (including phenoxy) is 1. The van der Waals surface area contributed by atoms with Gasteiger partial charge in [-0.1, -0.05) is 23.7 Å². The smallest absolute Gasteiger partial charge is 0.418 e. The first-order valence-corrected chi connectivity index (χ1v) is 11.9. The number of methoxy groups -OCH3 is 1. The average molecular weight is 548 g/mol. The number of halogens is 5. The summed E-state index contributed by atoms with van der Waals surface area (Å²) in [4.78, 5) is 10.6. The minimum Gasteiger partial charge on any atom is -0.494 e. The number of aliphatic hydroxyl groups excluding tert-OH is 1. The number of anilines is 1. The van der Waals surface area contributed by atoms with E-state index in [9.17, 15) is 41.0 Å². The molecule has 0 heterocycles. The van der Waals surface area contributed by atoms with Crippen LogP contribution in [0.4, 0.5) is 23.2 Å². The monoisotopic (exact) mass is 547 g/mol. The molecule has 192 valence electrons. The van der Waals surface area contributed by atoms with Crippen LogP contribution in [0.3, 0.4) is 0 Å². The maximum atomic E-state index is 13.9. The van der Waals surface area contributed by atoms with Crippen LogP contribution in [0.25, 0.3) is 11.1 Å². The van der Waals surface area contributed by atoms with Crippen LogP contribution in [-0.2, 0) is 22.6 Å². The fraction of sp³-hybridized carbons (Fsp3) is 0.174. The molecule has 0 atom stereocenters. The van der Waals surface area contributed by atoms with Crippen molar-refractivity contribution >= 4 is 33.3 Å². The Labute approximate surface area is 208 Å². The Morgan fingerprint density at radius 1 is 1.11 bits per heavy atom. The Balaban J connectivity index is 2.22. The van der Waals surface area contributed by atoms with Gasteiger partial charge in [-0.25, -0.2) is 17.6 Å². The van der Waals surface area contributed by atoms with Gasteiger partial charge >= 0.3 is 12.1 Å². The third kappa shape index (κ3) is 5.72. The van der Waals surface area contributed by atoms with Crippen molar-refractivity contribution in [3.8, 4) is 16.9 Å². The molecular formula is C23H18ClF4NO6S. The number of aliphatic hydroxyl groups is 1. The summed E-state index contributed by atoms with van der Waals surface area (Å²) in [6.45, 7) is -0.320. The summed E-state index contributed by atoms with van der Waals surface area (Å²) in [6, 6.07) is 7.67. The van der Waals surface area contributed by atoms with E-state index in [1.165, 1.54) is 6.07 Å². The van der Waals surface area contributed by atoms with Crippen molar-refractivity contribution in [2.45, 2.75) is 17.5 Å². The Morgan fingerprint density at radius 3 is 2.39 bits per heavy atom. The Bertz CT molecular complexity index is 1430. The average Bonchev–Trinajstić information content (AvgIpc) is 2.78. The molecule has 3 aromatic carbocycles. The number of rotatable bonds is 8. The maximum absolute atomic E-state index is 13.9. The van der Waals surface area contributed by atoms with Gasteiger partial charge in [-0.2, -0.15) is 13.2 Å². The standard InChI is InChI=1S/C23H18ClF4NO6S/c1-35-21-18(24)8-14(22(31)32)10-20(21)36(33,34)29-19-9-13(3-5-17(19)23(26,27)28)16-11-15(25)4-2-12(16)6-7-30/h2-5,8-11,29-30H,6-7H2,1H3,(H,31,32). The van der Waals surface area contributed by atoms with Crippen molar-refractivity contribution in [2.75, 3.05) is 18.4 Å². The van der Waals surface area contributed by atoms with Gasteiger partial charge in [-0.05, 0) is 59.5 Å². The first-order chi connectivity index (χ1) is 16.8. The molecule has 3 aromatic rings. The lowest BCUT2D eigenvalue weighted by atomic mass is 9.96. The second-order valence-electron chi connectivity index (χ2n) is 7.43. The quantitative estimate of drug-likeness (QED) is 0.334. The van der Waals surface area contributed by atoms with Crippen LogP contribution in [0.1, 0.15) is 21.5 Å². The van der Waals surface area contributed by atoms with Gasteiger partial charge in [0.05, 0.1) is 28.9 Å². The number of hydrogen-bond acceptors (Lipinski definition) is 5. The second kappa shape index (κ2) is 10.3. The predicted molar refractivity (Wildman–Crippen MR) is 123 cm³/mol. The van der Waals surface area contributed by atoms with E-state index < -0.39 is 60.5 Å². The summed E-state index contributed by atoms with van der Waals surface area (Å²) in [5.74, 6) is -2.70. The number of hydrogen-bond donors (Lipinski definition) is 3. The van der Waals surface area contributed by atoms with Gasteiger partial charge in [0.1, 0.15) is 10.7 Å². The van der Waals surface area contributed by atoms with Gasteiger partial charge in [-0.3, -0.25) is 4.72 Å². The Morgan fingerprint density at radius 2 is 1.81 bits per heavy atom. The van der Waals surface area contributed by atoms with Crippen LogP contribution in [0, 0.1) is 5.82 Å². The van der Waals surface area contributed by atoms with Crippen molar-refractivity contribution in [1.82, 2.24) is 0 Å². The molecule has 0 radical (unpaired) electrons. The fourth-order valence-corrected chi connectivity index (χ4v) is 5.13. The molecule has 0 saturated heterocycles. The van der Waals surface area contributed by atoms with Gasteiger partial charge in [0.25, 0.3) is 10.0 Å². The SMILES string of the molecule is COc1c(Cl)cc(C(=O)O)cc1S(=O)(=O)Nc1cc(-c2cc(F)ccc2CCO)ccc1C(F)(F)F. The normalized spacial score (nSPS) is 11.9. The van der Waals surface area contributed by atoms with Gasteiger partial charge in [-0.15, -0.1) is 0 Å². The number of benzene rings is 3. The molecule has 0 amide bonds. The van der Waals surface area contributed by atoms with Gasteiger partial charge < -0.3 is 14.9 Å². The summed E-state index contributed by atoms with van der Waals surface area (Å²) < 4.78 is 88.3. The summed E-state index contributed by atoms with van der Waals surface area (Å²) in [5, 5.41) is 18.1. The number of carbonyl (C=O) groups is 1. The van der Waals surface area contributed by atoms with Crippen molar-refractivity contribution < 1.29 is 45.7 Å². The van der Waals surface area contributed by atoms with Gasteiger partial charge in [0.15, 0.2) is 5.75 Å². The lowest BCUT2D eigenvalue weighted by Gasteiger charge is -2.19. The largest absolute Gasteiger partial charge is 0.494 e. The highest BCUT2D eigenvalue weighted by molar-refractivity contribution is 7.92. The van der Waals surface area contributed by atoms with E-state index in [4.69, 9.17) is 16.3 Å². The topological polar surface area (TPSA) is 113 Å². The zero-order valence-corrected chi connectivity index (χ0v) is 19.9. The predicted octanol–water partition coefficient (Wildman–Crippen LogP) is 5.21. The summed E-state index contributed by atoms with van der Waals surface area (Å²) in [5.41, 5.74) is -2.21. The van der Waals surface area contributed by atoms with Crippen LogP contribution in [0.2, 0.25) is 5.02 Å². The number of aromatic carboxylic acids is 1. The Hall–Kier alpha value is -3.35. The van der Waals surface area contributed by atoms with Crippen molar-refractivity contribution in [2.24, 2.45) is 0 Å². The molecule has 3 N–H and O–H groups in total. The molecule has 13 heteroatoms. The molecular weight excluding hydrogens is 530 g/mol. The molecule has 0 saturated carbocycles. The molecule has 0 bridgehead atoms. The number of nitrogens with one attached hydrogen (secondary N) is 1. The minimum atomic E-state index is -4.99. The highest BCUT2D eigenvalue weighted by Gasteiger charge is 2.36. The second-order valence-corrected chi connectivity index (χ2v) is 9.49. The van der Waals surface area contributed by atoms with E-state index in [1.54, 1.807) is 0 Å². The van der Waals surface area contributed by atoms with Gasteiger partial charge in [0.2, 0.25) is 0 Å². The Kier molecular flexibility index (Phi) is 7.82. The summed E-state index contributed by atoms with van der Waals surface area (Å²) in [7, 11) is -3.83. The molecule has 0 aliphatic rings. The number of carboxylic acids is 1. The van der Waals surface area contributed by atoms with Crippen molar-refractivity contribution in [1.29, 1.82) is 0 Å². The van der Waals surface area contributed by atoms with Crippen LogP contribution < -0.4 is 9.46 Å². The highest BCUT2D eigenvalue weighted by atomic mass is 35.5. The molecule has 0 aliphatic heterocycles. The van der Waals surface area contributed by atoms with Crippen molar-refractivity contribution in [3.05, 3.63) is 76.1 Å². The molecule has 7 nitrogen and oxygen atoms in total. The highest BCUT2D eigenvalue weighted by Crippen LogP contribution is 2.40. The molecule has 0 aliphatic carbocycles. The van der Waals surface area contributed by atoms with Crippen LogP contribution in [0.15, 0.2) is 53.4 Å². The third-order valence-electron chi connectivity index (χ3n) is 5.08. The summed E-state index contributed by atoms with van der Waals surface area (Å²) in [6.07, 6.45) is -4.92. The minimum absolute atomic E-state index is 0.0351. The van der Waals surface area contributed by atoms with E-state index in [2.05, 4.69) is 0 Å². The van der Waals surface area contributed by atoms with Crippen LogP contribution >= 0.6 is 11.6 Å². The van der Waals surface area contributed by atoms with Gasteiger partial charge in [0, 0.05) is 6.61 Å². The fourth-order valence-electron chi connectivity index (χ4n) is 3.49. The zero-order valence-electron chi connectivity index (χ0n) is 18.4. The molecule has 0 aromatic heterocycles. The number of alkyl halides is 3. The van der Waals surface area contributed by atoms with E-state index in [0.717, 1.165) is 37.4 Å². The summed E-state index contributed by atoms with van der Waals surface area (Å²) >= 11 is 5.94. The molecule has 3 rings (SSSR count). The third-order valence-corrected chi connectivity index (χ3v) is 6.74. The number of carboxylic acid groups (broad SMARTS) is 1. The lowest BCUT2D eigenvalue weighted by Crippen LogP contribution is -2.19. The first-order valence-electron chi connectivity index (χ1n) is 10.0. The van der Waals surface area contributed by atoms with Crippen LogP contribution in [-0.4, -0.2) is 38.3 Å². The van der Waals surface area contributed by atoms with E-state index in [-0.39, 0.29) is 24.2 Å². The molecule has 0 fully saturated rings. The lowest BCUT2D eigenvalue weighted by molar-refractivity contribution is -0.136. The molecule has 36 heavy (non-hydrogen) atoms. The van der Waals surface area contributed by atoms with E-state index in [0.29, 0.717) is 17.7 Å². The maximum Gasteiger partial charge on any atom is 0.418 e.